The van der Waals surface area contributed by atoms with Crippen molar-refractivity contribution in [2.24, 2.45) is 35.5 Å². The van der Waals surface area contributed by atoms with E-state index in [1.807, 2.05) is 27.7 Å². The first kappa shape index (κ1) is 45.8. The van der Waals surface area contributed by atoms with Gasteiger partial charge in [-0.3, -0.25) is 14.4 Å². The second-order valence-corrected chi connectivity index (χ2v) is 17.6. The topological polar surface area (TPSA) is 177 Å². The van der Waals surface area contributed by atoms with Crippen LogP contribution in [0.1, 0.15) is 127 Å². The van der Waals surface area contributed by atoms with Gasteiger partial charge in [-0.1, -0.05) is 48.5 Å². The first-order valence-corrected chi connectivity index (χ1v) is 20.1. The molecule has 0 aromatic rings. The summed E-state index contributed by atoms with van der Waals surface area (Å²) in [6.45, 7) is 18.5. The maximum atomic E-state index is 12.7. The molecule has 1 spiro atoms. The summed E-state index contributed by atoms with van der Waals surface area (Å²) in [5.74, 6) is -6.44. The predicted octanol–water partition coefficient (Wildman–Crippen LogP) is 4.50. The zero-order chi connectivity index (χ0) is 39.3. The molecule has 5 saturated heterocycles. The van der Waals surface area contributed by atoms with Crippen LogP contribution in [0.15, 0.2) is 0 Å². The van der Waals surface area contributed by atoms with Gasteiger partial charge in [0.2, 0.25) is 0 Å². The Kier molecular flexibility index (Phi) is 14.9. The molecule has 5 aliphatic heterocycles. The van der Waals surface area contributed by atoms with E-state index in [9.17, 15) is 29.7 Å². The molecule has 0 saturated carbocycles. The van der Waals surface area contributed by atoms with Crippen LogP contribution in [0.3, 0.4) is 0 Å². The number of aliphatic hydroxyl groups excluding tert-OH is 1. The van der Waals surface area contributed by atoms with Gasteiger partial charge in [0.25, 0.3) is 0 Å². The third-order valence-electron chi connectivity index (χ3n) is 13.5. The van der Waals surface area contributed by atoms with Gasteiger partial charge in [-0.25, -0.2) is 0 Å². The van der Waals surface area contributed by atoms with E-state index in [-0.39, 0.29) is 96.5 Å². The molecule has 0 bridgehead atoms. The van der Waals surface area contributed by atoms with E-state index in [4.69, 9.17) is 33.2 Å². The minimum absolute atomic E-state index is 0. The number of hydrogen-bond donors (Lipinski definition) is 3. The SMILES string of the molecule is CCC(=O)O[C@H]([C@H](C)[C@H]1O[C@@]2(CC[C@@](C)([C@H]3CC[C@@](C)(C4O[C@@H]([C@H]5O[C@@](O)(CO)[C@H](C)C[C@@H]5C)C[C@@H]4C)O3)O2)C[C@H](OC(=O)CC)[C@H]1C)[C@@H](C)C(=O)O.[NaH]. The summed E-state index contributed by atoms with van der Waals surface area (Å²) >= 11 is 0. The molecular formula is C40H67NaO13. The fourth-order valence-electron chi connectivity index (χ4n) is 10.0. The minimum atomic E-state index is -1.59. The van der Waals surface area contributed by atoms with Gasteiger partial charge < -0.3 is 48.5 Å². The van der Waals surface area contributed by atoms with Crippen LogP contribution in [0.4, 0.5) is 0 Å². The molecule has 5 aliphatic rings. The van der Waals surface area contributed by atoms with Crippen molar-refractivity contribution in [2.75, 3.05) is 6.61 Å². The van der Waals surface area contributed by atoms with Gasteiger partial charge in [0.05, 0.1) is 54.2 Å². The Balaban J connectivity index is 0.00000650. The molecule has 5 heterocycles. The predicted molar refractivity (Wildman–Crippen MR) is 198 cm³/mol. The summed E-state index contributed by atoms with van der Waals surface area (Å²) < 4.78 is 45.6. The summed E-state index contributed by atoms with van der Waals surface area (Å²) in [5, 5.41) is 30.9. The molecule has 0 aliphatic carbocycles. The van der Waals surface area contributed by atoms with Gasteiger partial charge in [-0.2, -0.15) is 0 Å². The van der Waals surface area contributed by atoms with E-state index in [2.05, 4.69) is 20.8 Å². The zero-order valence-electron chi connectivity index (χ0n) is 33.5. The van der Waals surface area contributed by atoms with Crippen LogP contribution in [-0.2, 0) is 47.5 Å². The second-order valence-electron chi connectivity index (χ2n) is 17.6. The van der Waals surface area contributed by atoms with Crippen LogP contribution in [-0.4, -0.2) is 135 Å². The van der Waals surface area contributed by atoms with Crippen LogP contribution in [0, 0.1) is 35.5 Å². The number of aliphatic hydroxyl groups is 2. The van der Waals surface area contributed by atoms with Gasteiger partial charge in [-0.05, 0) is 64.7 Å². The van der Waals surface area contributed by atoms with Crippen molar-refractivity contribution in [2.45, 2.75) is 193 Å². The third kappa shape index (κ3) is 9.05. The van der Waals surface area contributed by atoms with Crippen molar-refractivity contribution >= 4 is 47.5 Å². The zero-order valence-corrected chi connectivity index (χ0v) is 33.5. The third-order valence-corrected chi connectivity index (χ3v) is 13.5. The number of carbonyl (C=O) groups excluding carboxylic acids is 2. The van der Waals surface area contributed by atoms with Gasteiger partial charge >= 0.3 is 47.5 Å². The summed E-state index contributed by atoms with van der Waals surface area (Å²) in [6.07, 6.45) is 1.37. The number of carboxylic acids is 1. The van der Waals surface area contributed by atoms with Crippen LogP contribution in [0.25, 0.3) is 0 Å². The van der Waals surface area contributed by atoms with E-state index in [0.29, 0.717) is 19.3 Å². The maximum absolute atomic E-state index is 12.7. The first-order valence-electron chi connectivity index (χ1n) is 20.1. The van der Waals surface area contributed by atoms with Crippen molar-refractivity contribution in [1.82, 2.24) is 0 Å². The first-order chi connectivity index (χ1) is 24.7. The summed E-state index contributed by atoms with van der Waals surface area (Å²) in [6, 6.07) is 0. The molecule has 0 radical (unpaired) electrons. The van der Waals surface area contributed by atoms with Gasteiger partial charge in [-0.15, -0.1) is 0 Å². The number of aliphatic carboxylic acids is 1. The Morgan fingerprint density at radius 3 is 2.17 bits per heavy atom. The molecule has 5 rings (SSSR count). The number of carboxylic acid groups (broad SMARTS) is 1. The molecule has 0 amide bonds. The quantitative estimate of drug-likeness (QED) is 0.187. The second kappa shape index (κ2) is 17.5. The Bertz CT molecular complexity index is 1330. The molecule has 3 N–H and O–H groups in total. The average Bonchev–Trinajstić information content (AvgIpc) is 3.81. The summed E-state index contributed by atoms with van der Waals surface area (Å²) in [4.78, 5) is 37.3. The van der Waals surface area contributed by atoms with E-state index in [0.717, 1.165) is 25.7 Å². The molecule has 54 heavy (non-hydrogen) atoms. The Hall–Kier alpha value is -0.870. The molecule has 13 nitrogen and oxygen atoms in total. The van der Waals surface area contributed by atoms with Crippen molar-refractivity contribution in [3.63, 3.8) is 0 Å². The van der Waals surface area contributed by atoms with Gasteiger partial charge in [0, 0.05) is 43.4 Å². The van der Waals surface area contributed by atoms with E-state index in [1.54, 1.807) is 13.8 Å². The number of carbonyl (C=O) groups is 3. The molecule has 306 valence electrons. The summed E-state index contributed by atoms with van der Waals surface area (Å²) in [5.41, 5.74) is -1.36. The van der Waals surface area contributed by atoms with Gasteiger partial charge in [0.1, 0.15) is 12.2 Å². The number of esters is 2. The molecule has 1 unspecified atom stereocenters. The Morgan fingerprint density at radius 2 is 1.56 bits per heavy atom. The van der Waals surface area contributed by atoms with Crippen molar-refractivity contribution in [3.8, 4) is 0 Å². The number of rotatable bonds is 12. The van der Waals surface area contributed by atoms with Crippen molar-refractivity contribution < 1.29 is 62.9 Å². The molecular weight excluding hydrogens is 711 g/mol. The average molecular weight is 779 g/mol. The monoisotopic (exact) mass is 778 g/mol. The van der Waals surface area contributed by atoms with Crippen LogP contribution in [0.5, 0.6) is 0 Å². The Labute approximate surface area is 343 Å². The number of ether oxygens (including phenoxy) is 7. The Morgan fingerprint density at radius 1 is 0.889 bits per heavy atom. The van der Waals surface area contributed by atoms with E-state index >= 15 is 0 Å². The molecule has 0 aromatic carbocycles. The van der Waals surface area contributed by atoms with Gasteiger partial charge in [0.15, 0.2) is 11.6 Å². The summed E-state index contributed by atoms with van der Waals surface area (Å²) in [7, 11) is 0. The van der Waals surface area contributed by atoms with Crippen molar-refractivity contribution in [1.29, 1.82) is 0 Å². The van der Waals surface area contributed by atoms with E-state index < -0.39 is 71.5 Å². The fourth-order valence-corrected chi connectivity index (χ4v) is 10.0. The molecule has 5 fully saturated rings. The normalized spacial score (nSPS) is 45.3. The van der Waals surface area contributed by atoms with Crippen LogP contribution in [0.2, 0.25) is 0 Å². The number of hydrogen-bond acceptors (Lipinski definition) is 12. The molecule has 14 heteroatoms. The molecule has 17 atom stereocenters. The standard InChI is InChI=1S/C40H66O13.Na.H/c1-11-30(42)47-28-19-39(51-34(24(28)6)25(7)33(26(8)36(44)45)49-31(43)12-2)16-15-37(9,53-39)29-13-14-38(10,50-29)35-22(4)18-27(48-35)32-21(3)17-23(5)40(46,20-41)52-32;;/h21-29,32-35,41,46H,11-20H2,1-10H3,(H,44,45);;/t21-,22-,23+,24+,25-,26+,27+,28-,29+,32-,33+,34-,35?,37-,38-,39+,40-;;/m0../s1. The van der Waals surface area contributed by atoms with E-state index in [1.165, 1.54) is 6.92 Å². The van der Waals surface area contributed by atoms with Crippen molar-refractivity contribution in [3.05, 3.63) is 0 Å². The van der Waals surface area contributed by atoms with Crippen LogP contribution < -0.4 is 0 Å². The van der Waals surface area contributed by atoms with Crippen LogP contribution >= 0.6 is 0 Å². The molecule has 0 aromatic heterocycles. The fraction of sp³-hybridized carbons (Fsp3) is 0.925.